The summed E-state index contributed by atoms with van der Waals surface area (Å²) < 4.78 is 11.7. The molecule has 12 rings (SSSR count). The maximum atomic E-state index is 6.79. The van der Waals surface area contributed by atoms with Gasteiger partial charge in [-0.05, 0) is 42.0 Å². The number of benzene rings is 8. The Bertz CT molecular complexity index is 3420. The van der Waals surface area contributed by atoms with E-state index in [9.17, 15) is 0 Å². The van der Waals surface area contributed by atoms with Gasteiger partial charge >= 0.3 is 0 Å². The average Bonchev–Trinajstić information content (AvgIpc) is 3.96. The van der Waals surface area contributed by atoms with Crippen molar-refractivity contribution in [3.05, 3.63) is 182 Å². The number of fused-ring (bicyclic) bond motifs is 9. The Kier molecular flexibility index (Phi) is 7.03. The number of hydrogen-bond donors (Lipinski definition) is 0. The van der Waals surface area contributed by atoms with Gasteiger partial charge in [-0.15, -0.1) is 11.3 Å². The number of para-hydroxylation sites is 3. The van der Waals surface area contributed by atoms with Gasteiger partial charge in [0.05, 0.1) is 16.6 Å². The van der Waals surface area contributed by atoms with Crippen molar-refractivity contribution in [1.82, 2.24) is 19.5 Å². The first kappa shape index (κ1) is 31.9. The fourth-order valence-electron chi connectivity index (χ4n) is 8.52. The van der Waals surface area contributed by atoms with E-state index in [0.29, 0.717) is 17.5 Å². The summed E-state index contributed by atoms with van der Waals surface area (Å²) in [6.45, 7) is 0. The van der Waals surface area contributed by atoms with Crippen LogP contribution < -0.4 is 0 Å². The van der Waals surface area contributed by atoms with Crippen molar-refractivity contribution >= 4 is 75.3 Å². The van der Waals surface area contributed by atoms with Gasteiger partial charge in [0.15, 0.2) is 17.5 Å². The summed E-state index contributed by atoms with van der Waals surface area (Å²) >= 11 is 1.85. The molecule has 8 aromatic carbocycles. The molecule has 5 nitrogen and oxygen atoms in total. The van der Waals surface area contributed by atoms with Gasteiger partial charge in [0.25, 0.3) is 0 Å². The van der Waals surface area contributed by atoms with E-state index in [1.54, 1.807) is 0 Å². The fraction of sp³-hybridized carbons (Fsp3) is 0. The highest BCUT2D eigenvalue weighted by Gasteiger charge is 2.21. The van der Waals surface area contributed by atoms with Crippen molar-refractivity contribution in [3.63, 3.8) is 0 Å². The monoisotopic (exact) mass is 746 g/mol. The van der Waals surface area contributed by atoms with Gasteiger partial charge in [-0.25, -0.2) is 15.0 Å². The minimum atomic E-state index is 0.569. The van der Waals surface area contributed by atoms with Crippen molar-refractivity contribution in [1.29, 1.82) is 0 Å². The maximum absolute atomic E-state index is 6.79. The van der Waals surface area contributed by atoms with Gasteiger partial charge in [-0.1, -0.05) is 146 Å². The number of aromatic nitrogens is 4. The molecule has 0 saturated carbocycles. The molecule has 0 aliphatic heterocycles. The van der Waals surface area contributed by atoms with E-state index in [4.69, 9.17) is 19.4 Å². The van der Waals surface area contributed by atoms with Crippen molar-refractivity contribution in [3.8, 4) is 51.0 Å². The first-order chi connectivity index (χ1) is 28.3. The zero-order valence-corrected chi connectivity index (χ0v) is 31.2. The molecule has 0 N–H and O–H groups in total. The first-order valence-electron chi connectivity index (χ1n) is 19.0. The summed E-state index contributed by atoms with van der Waals surface area (Å²) in [6, 6.07) is 63.7. The van der Waals surface area contributed by atoms with Gasteiger partial charge in [-0.2, -0.15) is 0 Å². The third-order valence-electron chi connectivity index (χ3n) is 11.1. The molecule has 0 saturated heterocycles. The summed E-state index contributed by atoms with van der Waals surface area (Å²) in [4.78, 5) is 15.0. The highest BCUT2D eigenvalue weighted by Crippen LogP contribution is 2.46. The Labute approximate surface area is 330 Å². The van der Waals surface area contributed by atoms with Crippen LogP contribution in [-0.2, 0) is 0 Å². The van der Waals surface area contributed by atoms with Crippen LogP contribution in [0.3, 0.4) is 0 Å². The Morgan fingerprint density at radius 3 is 1.68 bits per heavy atom. The molecule has 0 amide bonds. The second kappa shape index (κ2) is 12.6. The molecule has 0 unspecified atom stereocenters. The van der Waals surface area contributed by atoms with Crippen molar-refractivity contribution in [2.45, 2.75) is 0 Å². The summed E-state index contributed by atoms with van der Waals surface area (Å²) in [6.07, 6.45) is 0. The number of rotatable bonds is 5. The summed E-state index contributed by atoms with van der Waals surface area (Å²) in [5.41, 5.74) is 10.2. The topological polar surface area (TPSA) is 56.7 Å². The molecule has 4 heterocycles. The molecule has 0 radical (unpaired) electrons. The summed E-state index contributed by atoms with van der Waals surface area (Å²) in [5.74, 6) is 1.80. The highest BCUT2D eigenvalue weighted by atomic mass is 32.1. The largest absolute Gasteiger partial charge is 0.455 e. The van der Waals surface area contributed by atoms with Gasteiger partial charge in [0.2, 0.25) is 0 Å². The van der Waals surface area contributed by atoms with Gasteiger partial charge in [0, 0.05) is 64.1 Å². The van der Waals surface area contributed by atoms with Crippen LogP contribution in [0.5, 0.6) is 0 Å². The molecule has 0 aliphatic rings. The van der Waals surface area contributed by atoms with Crippen LogP contribution >= 0.6 is 11.3 Å². The molecular weight excluding hydrogens is 717 g/mol. The molecule has 0 fully saturated rings. The number of thiophene rings is 1. The lowest BCUT2D eigenvalue weighted by atomic mass is 9.97. The van der Waals surface area contributed by atoms with Crippen LogP contribution in [0.25, 0.3) is 115 Å². The van der Waals surface area contributed by atoms with Crippen LogP contribution in [0.15, 0.2) is 186 Å². The summed E-state index contributed by atoms with van der Waals surface area (Å²) in [5, 5.41) is 7.13. The molecule has 0 spiro atoms. The van der Waals surface area contributed by atoms with E-state index in [0.717, 1.165) is 49.9 Å². The van der Waals surface area contributed by atoms with E-state index in [2.05, 4.69) is 120 Å². The fourth-order valence-corrected chi connectivity index (χ4v) is 9.78. The van der Waals surface area contributed by atoms with Crippen molar-refractivity contribution in [2.75, 3.05) is 0 Å². The SMILES string of the molecule is c1ccc(-c2nc(-c3ccccc3)nc(-c3cccc4c3oc3cccc(-c5cccc6c5sc5cc(-n7c8ccccc8c8ccccc87)ccc56)c34)n2)cc1. The van der Waals surface area contributed by atoms with E-state index >= 15 is 0 Å². The highest BCUT2D eigenvalue weighted by molar-refractivity contribution is 7.26. The minimum Gasteiger partial charge on any atom is -0.455 e. The van der Waals surface area contributed by atoms with Crippen molar-refractivity contribution < 1.29 is 4.42 Å². The minimum absolute atomic E-state index is 0.569. The van der Waals surface area contributed by atoms with E-state index in [-0.39, 0.29) is 0 Å². The first-order valence-corrected chi connectivity index (χ1v) is 19.8. The zero-order valence-electron chi connectivity index (χ0n) is 30.4. The second-order valence-electron chi connectivity index (χ2n) is 14.3. The maximum Gasteiger partial charge on any atom is 0.167 e. The van der Waals surface area contributed by atoms with Crippen LogP contribution in [0.4, 0.5) is 0 Å². The number of hydrogen-bond acceptors (Lipinski definition) is 5. The molecule has 0 aliphatic carbocycles. The lowest BCUT2D eigenvalue weighted by Crippen LogP contribution is -2.00. The van der Waals surface area contributed by atoms with Gasteiger partial charge in [0.1, 0.15) is 11.2 Å². The Balaban J connectivity index is 1.04. The summed E-state index contributed by atoms with van der Waals surface area (Å²) in [7, 11) is 0. The quantitative estimate of drug-likeness (QED) is 0.176. The van der Waals surface area contributed by atoms with Crippen molar-refractivity contribution in [2.24, 2.45) is 0 Å². The zero-order chi connectivity index (χ0) is 37.5. The Morgan fingerprint density at radius 1 is 0.421 bits per heavy atom. The lowest BCUT2D eigenvalue weighted by molar-refractivity contribution is 0.669. The van der Waals surface area contributed by atoms with Crippen LogP contribution in [0, 0.1) is 0 Å². The molecule has 266 valence electrons. The third-order valence-corrected chi connectivity index (χ3v) is 12.3. The Morgan fingerprint density at radius 2 is 0.982 bits per heavy atom. The van der Waals surface area contributed by atoms with Gasteiger partial charge < -0.3 is 8.98 Å². The smallest absolute Gasteiger partial charge is 0.167 e. The predicted octanol–water partition coefficient (Wildman–Crippen LogP) is 13.9. The van der Waals surface area contributed by atoms with E-state index < -0.39 is 0 Å². The molecule has 6 heteroatoms. The third kappa shape index (κ3) is 4.98. The number of nitrogens with zero attached hydrogens (tertiary/aromatic N) is 4. The second-order valence-corrected chi connectivity index (χ2v) is 15.4. The number of furan rings is 1. The standard InChI is InChI=1S/C51H30N4OS/c1-3-14-31(15-4-1)49-52-50(32-16-5-2-6-17-32)54-51(53-49)41-24-12-23-40-46-37(20-13-27-44(46)56-47(40)41)39-22-11-21-38-36-29-28-33(30-45(36)57-48(38)39)55-42-25-9-7-18-34(42)35-19-8-10-26-43(35)55/h1-30H. The predicted molar refractivity (Wildman–Crippen MR) is 236 cm³/mol. The molecular formula is C51H30N4OS. The lowest BCUT2D eigenvalue weighted by Gasteiger charge is -2.09. The van der Waals surface area contributed by atoms with Crippen LogP contribution in [0.2, 0.25) is 0 Å². The molecule has 0 bridgehead atoms. The van der Waals surface area contributed by atoms with E-state index in [1.165, 1.54) is 47.5 Å². The Hall–Kier alpha value is -7.41. The van der Waals surface area contributed by atoms with Crippen LogP contribution in [-0.4, -0.2) is 19.5 Å². The van der Waals surface area contributed by atoms with Crippen LogP contribution in [0.1, 0.15) is 0 Å². The molecule has 57 heavy (non-hydrogen) atoms. The van der Waals surface area contributed by atoms with E-state index in [1.807, 2.05) is 78.1 Å². The average molecular weight is 747 g/mol. The van der Waals surface area contributed by atoms with Gasteiger partial charge in [-0.3, -0.25) is 0 Å². The molecule has 12 aromatic rings. The normalized spacial score (nSPS) is 11.9. The molecule has 4 aromatic heterocycles. The molecule has 0 atom stereocenters.